The lowest BCUT2D eigenvalue weighted by molar-refractivity contribution is 0.0706. The highest BCUT2D eigenvalue weighted by atomic mass is 32.2. The van der Waals surface area contributed by atoms with Gasteiger partial charge >= 0.3 is 0 Å². The van der Waals surface area contributed by atoms with Crippen LogP contribution in [0.4, 0.5) is 0 Å². The first kappa shape index (κ1) is 19.6. The summed E-state index contributed by atoms with van der Waals surface area (Å²) in [6.45, 7) is 1.05. The van der Waals surface area contributed by atoms with Crippen LogP contribution in [0.15, 0.2) is 46.5 Å². The number of rotatable bonds is 4. The van der Waals surface area contributed by atoms with E-state index in [2.05, 4.69) is 19.9 Å². The van der Waals surface area contributed by atoms with Crippen LogP contribution in [0.25, 0.3) is 11.4 Å². The maximum Gasteiger partial charge on any atom is 0.273 e. The Morgan fingerprint density at radius 2 is 1.90 bits per heavy atom. The van der Waals surface area contributed by atoms with Crippen LogP contribution in [0, 0.1) is 0 Å². The first-order valence-electron chi connectivity index (χ1n) is 9.08. The number of piperidine rings is 1. The maximum absolute atomic E-state index is 12.5. The number of likely N-dealkylation sites (tertiary alicyclic amines) is 1. The first-order chi connectivity index (χ1) is 13.9. The Morgan fingerprint density at radius 1 is 1.17 bits per heavy atom. The highest BCUT2D eigenvalue weighted by Crippen LogP contribution is 2.32. The number of carbonyl (C=O) groups is 1. The van der Waals surface area contributed by atoms with Gasteiger partial charge in [0.15, 0.2) is 15.7 Å². The number of hydrogen-bond acceptors (Lipinski definition) is 8. The van der Waals surface area contributed by atoms with E-state index in [9.17, 15) is 13.2 Å². The molecule has 0 bridgehead atoms. The van der Waals surface area contributed by atoms with Gasteiger partial charge in [0.1, 0.15) is 10.6 Å². The highest BCUT2D eigenvalue weighted by molar-refractivity contribution is 7.90. The fourth-order valence-corrected chi connectivity index (χ4v) is 4.80. The number of amides is 1. The summed E-state index contributed by atoms with van der Waals surface area (Å²) >= 11 is 1.39. The topological polar surface area (TPSA) is 106 Å². The Morgan fingerprint density at radius 3 is 2.52 bits per heavy atom. The average molecular weight is 430 g/mol. The van der Waals surface area contributed by atoms with Crippen molar-refractivity contribution in [2.24, 2.45) is 0 Å². The molecule has 29 heavy (non-hydrogen) atoms. The summed E-state index contributed by atoms with van der Waals surface area (Å²) in [6.07, 6.45) is 7.11. The van der Waals surface area contributed by atoms with Crippen LogP contribution in [0.1, 0.15) is 34.9 Å². The Kier molecular flexibility index (Phi) is 5.37. The third-order valence-corrected chi connectivity index (χ3v) is 6.64. The molecule has 1 aliphatic heterocycles. The summed E-state index contributed by atoms with van der Waals surface area (Å²) in [6, 6.07) is 3.57. The second-order valence-electron chi connectivity index (χ2n) is 6.89. The predicted octanol–water partition coefficient (Wildman–Crippen LogP) is 2.42. The molecular weight excluding hydrogens is 410 g/mol. The summed E-state index contributed by atoms with van der Waals surface area (Å²) in [5.41, 5.74) is 3.39. The quantitative estimate of drug-likeness (QED) is 0.627. The van der Waals surface area contributed by atoms with E-state index < -0.39 is 9.84 Å². The zero-order chi connectivity index (χ0) is 20.4. The van der Waals surface area contributed by atoms with Crippen LogP contribution in [-0.4, -0.2) is 58.5 Å². The van der Waals surface area contributed by atoms with Crippen LogP contribution < -0.4 is 0 Å². The third kappa shape index (κ3) is 4.18. The predicted molar refractivity (Wildman–Crippen MR) is 108 cm³/mol. The number of aromatic nitrogens is 4. The molecule has 1 aliphatic rings. The summed E-state index contributed by atoms with van der Waals surface area (Å²) in [5.74, 6) is 0.312. The smallest absolute Gasteiger partial charge is 0.273 e. The molecule has 0 atom stereocenters. The van der Waals surface area contributed by atoms with Crippen molar-refractivity contribution in [3.05, 3.63) is 53.0 Å². The van der Waals surface area contributed by atoms with Crippen LogP contribution in [0.5, 0.6) is 0 Å². The van der Waals surface area contributed by atoms with Gasteiger partial charge in [0.2, 0.25) is 0 Å². The molecule has 1 fully saturated rings. The van der Waals surface area contributed by atoms with Crippen molar-refractivity contribution in [3.8, 4) is 11.4 Å². The number of thiazole rings is 1. The summed E-state index contributed by atoms with van der Waals surface area (Å²) < 4.78 is 24.6. The second kappa shape index (κ2) is 7.96. The minimum absolute atomic E-state index is 0.0669. The molecule has 10 heteroatoms. The van der Waals surface area contributed by atoms with Crippen molar-refractivity contribution in [2.45, 2.75) is 23.7 Å². The molecule has 0 aromatic carbocycles. The Labute approximate surface area is 172 Å². The fraction of sp³-hybridized carbons (Fsp3) is 0.316. The molecule has 0 aliphatic carbocycles. The van der Waals surface area contributed by atoms with Gasteiger partial charge in [-0.3, -0.25) is 9.78 Å². The molecule has 0 N–H and O–H groups in total. The molecular formula is C19H19N5O3S2. The van der Waals surface area contributed by atoms with Crippen LogP contribution in [-0.2, 0) is 9.84 Å². The standard InChI is InChI=1S/C19H19N5O3S2/c1-29(26,27)16-10-21-18(14-2-6-20-7-3-14)23-17(16)13-4-8-24(9-5-13)19(25)15-11-28-12-22-15/h2-3,6-7,10-13H,4-5,8-9H2,1H3. The fourth-order valence-electron chi connectivity index (χ4n) is 3.44. The van der Waals surface area contributed by atoms with Crippen molar-refractivity contribution >= 4 is 27.1 Å². The number of hydrogen-bond donors (Lipinski definition) is 0. The van der Waals surface area contributed by atoms with E-state index in [1.807, 2.05) is 0 Å². The highest BCUT2D eigenvalue weighted by Gasteiger charge is 2.30. The van der Waals surface area contributed by atoms with Gasteiger partial charge in [0.05, 0.1) is 11.2 Å². The minimum Gasteiger partial charge on any atom is -0.337 e. The van der Waals surface area contributed by atoms with Crippen molar-refractivity contribution in [1.29, 1.82) is 0 Å². The SMILES string of the molecule is CS(=O)(=O)c1cnc(-c2ccncc2)nc1C1CCN(C(=O)c2cscn2)CC1. The van der Waals surface area contributed by atoms with E-state index in [4.69, 9.17) is 0 Å². The molecule has 4 heterocycles. The molecule has 0 radical (unpaired) electrons. The van der Waals surface area contributed by atoms with Gasteiger partial charge in [-0.2, -0.15) is 0 Å². The minimum atomic E-state index is -3.47. The third-order valence-electron chi connectivity index (χ3n) is 4.94. The summed E-state index contributed by atoms with van der Waals surface area (Å²) in [5, 5.41) is 1.74. The zero-order valence-corrected chi connectivity index (χ0v) is 17.4. The molecule has 0 saturated carbocycles. The largest absolute Gasteiger partial charge is 0.337 e. The monoisotopic (exact) mass is 429 g/mol. The number of nitrogens with zero attached hydrogens (tertiary/aromatic N) is 5. The lowest BCUT2D eigenvalue weighted by Crippen LogP contribution is -2.38. The van der Waals surface area contributed by atoms with E-state index in [0.29, 0.717) is 43.1 Å². The van der Waals surface area contributed by atoms with Crippen molar-refractivity contribution in [3.63, 3.8) is 0 Å². The van der Waals surface area contributed by atoms with Crippen LogP contribution in [0.3, 0.4) is 0 Å². The Hall–Kier alpha value is -2.72. The van der Waals surface area contributed by atoms with Gasteiger partial charge in [-0.1, -0.05) is 0 Å². The van der Waals surface area contributed by atoms with Gasteiger partial charge in [0, 0.05) is 54.8 Å². The molecule has 4 rings (SSSR count). The maximum atomic E-state index is 12.5. The lowest BCUT2D eigenvalue weighted by Gasteiger charge is -2.32. The van der Waals surface area contributed by atoms with Crippen molar-refractivity contribution < 1.29 is 13.2 Å². The summed E-state index contributed by atoms with van der Waals surface area (Å²) in [4.78, 5) is 31.4. The van der Waals surface area contributed by atoms with Crippen LogP contribution >= 0.6 is 11.3 Å². The van der Waals surface area contributed by atoms with Crippen molar-refractivity contribution in [2.75, 3.05) is 19.3 Å². The van der Waals surface area contributed by atoms with Gasteiger partial charge in [-0.05, 0) is 25.0 Å². The van der Waals surface area contributed by atoms with Gasteiger partial charge in [0.25, 0.3) is 5.91 Å². The van der Waals surface area contributed by atoms with Gasteiger partial charge < -0.3 is 4.90 Å². The number of carbonyl (C=O) groups excluding carboxylic acids is 1. The van der Waals surface area contributed by atoms with E-state index in [1.54, 1.807) is 40.3 Å². The number of sulfone groups is 1. The van der Waals surface area contributed by atoms with E-state index in [1.165, 1.54) is 23.8 Å². The zero-order valence-electron chi connectivity index (χ0n) is 15.7. The molecule has 0 unspecified atom stereocenters. The van der Waals surface area contributed by atoms with Gasteiger partial charge in [-0.15, -0.1) is 11.3 Å². The molecule has 150 valence electrons. The van der Waals surface area contributed by atoms with E-state index in [0.717, 1.165) is 5.56 Å². The molecule has 8 nitrogen and oxygen atoms in total. The molecule has 3 aromatic heterocycles. The van der Waals surface area contributed by atoms with Crippen molar-refractivity contribution in [1.82, 2.24) is 24.8 Å². The summed E-state index contributed by atoms with van der Waals surface area (Å²) in [7, 11) is -3.47. The molecule has 1 saturated heterocycles. The lowest BCUT2D eigenvalue weighted by atomic mass is 9.93. The second-order valence-corrected chi connectivity index (χ2v) is 9.59. The average Bonchev–Trinajstić information content (AvgIpc) is 3.28. The van der Waals surface area contributed by atoms with Gasteiger partial charge in [-0.25, -0.2) is 23.4 Å². The molecule has 3 aromatic rings. The Bertz CT molecular complexity index is 1110. The van der Waals surface area contributed by atoms with Crippen LogP contribution in [0.2, 0.25) is 0 Å². The van der Waals surface area contributed by atoms with E-state index >= 15 is 0 Å². The first-order valence-corrected chi connectivity index (χ1v) is 11.9. The molecule has 0 spiro atoms. The molecule has 1 amide bonds. The van der Waals surface area contributed by atoms with E-state index in [-0.39, 0.29) is 16.7 Å². The Balaban J connectivity index is 1.61. The normalized spacial score (nSPS) is 15.4. The number of pyridine rings is 1.